The minimum atomic E-state index is -4.31. The van der Waals surface area contributed by atoms with E-state index in [4.69, 9.17) is 27.9 Å². The molecule has 0 radical (unpaired) electrons. The van der Waals surface area contributed by atoms with E-state index in [1.54, 1.807) is 6.07 Å². The van der Waals surface area contributed by atoms with Crippen LogP contribution >= 0.6 is 23.2 Å². The Bertz CT molecular complexity index is 415. The molecule has 2 N–H and O–H groups in total. The number of nitrogens with one attached hydrogen (secondary N) is 1. The van der Waals surface area contributed by atoms with E-state index in [0.717, 1.165) is 0 Å². The van der Waals surface area contributed by atoms with Gasteiger partial charge in [0.1, 0.15) is 18.5 Å². The number of alkyl halides is 3. The second kappa shape index (κ2) is 7.19. The van der Waals surface area contributed by atoms with Crippen molar-refractivity contribution in [2.45, 2.75) is 12.3 Å². The zero-order valence-corrected chi connectivity index (χ0v) is 11.2. The van der Waals surface area contributed by atoms with Gasteiger partial charge in [0.25, 0.3) is 0 Å². The summed E-state index contributed by atoms with van der Waals surface area (Å²) in [6.07, 6.45) is -5.38. The van der Waals surface area contributed by atoms with Gasteiger partial charge in [0.05, 0.1) is 11.6 Å². The number of rotatable bonds is 6. The average Bonchev–Trinajstić information content (AvgIpc) is 2.26. The molecule has 1 rings (SSSR count). The highest BCUT2D eigenvalue weighted by molar-refractivity contribution is 6.35. The van der Waals surface area contributed by atoms with Crippen molar-refractivity contribution in [3.8, 4) is 5.75 Å². The molecule has 0 saturated carbocycles. The molecule has 0 aliphatic carbocycles. The number of ether oxygens (including phenoxy) is 1. The topological polar surface area (TPSA) is 41.5 Å². The fourth-order valence-corrected chi connectivity index (χ4v) is 1.68. The summed E-state index contributed by atoms with van der Waals surface area (Å²) in [6, 6.07) is 4.53. The molecule has 0 aromatic heterocycles. The van der Waals surface area contributed by atoms with Crippen molar-refractivity contribution in [2.75, 3.05) is 19.7 Å². The maximum atomic E-state index is 11.8. The molecule has 0 aliphatic heterocycles. The Morgan fingerprint density at radius 2 is 2.00 bits per heavy atom. The third-order valence-electron chi connectivity index (χ3n) is 2.03. The van der Waals surface area contributed by atoms with E-state index in [1.165, 1.54) is 12.1 Å². The first-order valence-corrected chi connectivity index (χ1v) is 6.07. The number of aliphatic hydroxyl groups excluding tert-OH is 1. The lowest BCUT2D eigenvalue weighted by Gasteiger charge is -2.15. The van der Waals surface area contributed by atoms with E-state index in [9.17, 15) is 18.3 Å². The van der Waals surface area contributed by atoms with E-state index >= 15 is 0 Å². The Labute approximate surface area is 118 Å². The van der Waals surface area contributed by atoms with Crippen molar-refractivity contribution in [2.24, 2.45) is 0 Å². The molecule has 108 valence electrons. The predicted octanol–water partition coefficient (Wildman–Crippen LogP) is 2.89. The van der Waals surface area contributed by atoms with Gasteiger partial charge < -0.3 is 15.2 Å². The van der Waals surface area contributed by atoms with Gasteiger partial charge in [0.2, 0.25) is 0 Å². The average molecular weight is 318 g/mol. The van der Waals surface area contributed by atoms with Gasteiger partial charge in [-0.1, -0.05) is 23.2 Å². The Morgan fingerprint density at radius 1 is 1.32 bits per heavy atom. The highest BCUT2D eigenvalue weighted by Gasteiger charge is 2.26. The number of benzene rings is 1. The lowest BCUT2D eigenvalue weighted by molar-refractivity contribution is -0.125. The molecule has 0 aliphatic rings. The lowest BCUT2D eigenvalue weighted by Crippen LogP contribution is -2.37. The molecule has 8 heteroatoms. The Kier molecular flexibility index (Phi) is 6.19. The zero-order valence-electron chi connectivity index (χ0n) is 9.68. The maximum absolute atomic E-state index is 11.8. The largest absolute Gasteiger partial charge is 0.489 e. The molecule has 19 heavy (non-hydrogen) atoms. The molecule has 0 amide bonds. The fraction of sp³-hybridized carbons (Fsp3) is 0.455. The normalized spacial score (nSPS) is 13.4. The summed E-state index contributed by atoms with van der Waals surface area (Å²) >= 11 is 11.5. The van der Waals surface area contributed by atoms with E-state index in [1.807, 2.05) is 0 Å². The summed E-state index contributed by atoms with van der Waals surface area (Å²) in [5, 5.41) is 12.2. The monoisotopic (exact) mass is 317 g/mol. The summed E-state index contributed by atoms with van der Waals surface area (Å²) in [5.41, 5.74) is 0. The quantitative estimate of drug-likeness (QED) is 0.847. The van der Waals surface area contributed by atoms with E-state index < -0.39 is 18.8 Å². The Hall–Kier alpha value is -0.690. The standard InChI is InChI=1S/C11H12Cl2F3NO2/c12-7-1-2-10(9(13)3-7)19-5-8(18)4-17-6-11(14,15)16/h1-3,8,17-18H,4-6H2. The third-order valence-corrected chi connectivity index (χ3v) is 2.56. The van der Waals surface area contributed by atoms with Crippen LogP contribution in [0.15, 0.2) is 18.2 Å². The van der Waals surface area contributed by atoms with Crippen LogP contribution in [-0.2, 0) is 0 Å². The molecule has 0 saturated heterocycles. The molecule has 3 nitrogen and oxygen atoms in total. The van der Waals surface area contributed by atoms with Crippen molar-refractivity contribution >= 4 is 23.2 Å². The van der Waals surface area contributed by atoms with E-state index in [0.29, 0.717) is 10.8 Å². The highest BCUT2D eigenvalue weighted by Crippen LogP contribution is 2.27. The summed E-state index contributed by atoms with van der Waals surface area (Å²) in [4.78, 5) is 0. The molecule has 0 heterocycles. The molecular weight excluding hydrogens is 306 g/mol. The van der Waals surface area contributed by atoms with Gasteiger partial charge in [0.15, 0.2) is 0 Å². The molecule has 0 bridgehead atoms. The van der Waals surface area contributed by atoms with Crippen LogP contribution in [-0.4, -0.2) is 37.1 Å². The summed E-state index contributed by atoms with van der Waals surface area (Å²) < 4.78 is 40.7. The van der Waals surface area contributed by atoms with E-state index in [2.05, 4.69) is 5.32 Å². The minimum absolute atomic E-state index is 0.174. The second-order valence-corrected chi connectivity index (χ2v) is 4.63. The Morgan fingerprint density at radius 3 is 2.58 bits per heavy atom. The molecule has 1 atom stereocenters. The van der Waals surface area contributed by atoms with E-state index in [-0.39, 0.29) is 18.2 Å². The van der Waals surface area contributed by atoms with Crippen LogP contribution in [0.5, 0.6) is 5.75 Å². The van der Waals surface area contributed by atoms with Crippen molar-refractivity contribution < 1.29 is 23.0 Å². The number of aliphatic hydroxyl groups is 1. The molecule has 1 aromatic carbocycles. The Balaban J connectivity index is 2.32. The third kappa shape index (κ3) is 6.87. The first-order chi connectivity index (χ1) is 8.78. The predicted molar refractivity (Wildman–Crippen MR) is 66.9 cm³/mol. The maximum Gasteiger partial charge on any atom is 0.401 e. The van der Waals surface area contributed by atoms with Gasteiger partial charge in [-0.2, -0.15) is 13.2 Å². The molecule has 0 fully saturated rings. The summed E-state index contributed by atoms with van der Waals surface area (Å²) in [6.45, 7) is -1.57. The molecule has 1 unspecified atom stereocenters. The first-order valence-electron chi connectivity index (χ1n) is 5.31. The fourth-order valence-electron chi connectivity index (χ4n) is 1.22. The smallest absolute Gasteiger partial charge is 0.401 e. The summed E-state index contributed by atoms with van der Waals surface area (Å²) in [5.74, 6) is 0.306. The van der Waals surface area contributed by atoms with Crippen LogP contribution in [0.25, 0.3) is 0 Å². The minimum Gasteiger partial charge on any atom is -0.489 e. The zero-order chi connectivity index (χ0) is 14.5. The molecular formula is C11H12Cl2F3NO2. The second-order valence-electron chi connectivity index (χ2n) is 3.79. The number of hydrogen-bond acceptors (Lipinski definition) is 3. The lowest BCUT2D eigenvalue weighted by atomic mass is 10.3. The van der Waals surface area contributed by atoms with Crippen LogP contribution in [0, 0.1) is 0 Å². The van der Waals surface area contributed by atoms with Crippen molar-refractivity contribution in [1.29, 1.82) is 0 Å². The van der Waals surface area contributed by atoms with Crippen molar-refractivity contribution in [3.05, 3.63) is 28.2 Å². The van der Waals surface area contributed by atoms with Crippen LogP contribution in [0.3, 0.4) is 0 Å². The molecule has 0 spiro atoms. The van der Waals surface area contributed by atoms with Gasteiger partial charge in [-0.15, -0.1) is 0 Å². The summed E-state index contributed by atoms with van der Waals surface area (Å²) in [7, 11) is 0. The van der Waals surface area contributed by atoms with Crippen molar-refractivity contribution in [1.82, 2.24) is 5.32 Å². The van der Waals surface area contributed by atoms with Gasteiger partial charge in [-0.05, 0) is 18.2 Å². The van der Waals surface area contributed by atoms with Gasteiger partial charge in [-0.25, -0.2) is 0 Å². The molecule has 1 aromatic rings. The highest BCUT2D eigenvalue weighted by atomic mass is 35.5. The van der Waals surface area contributed by atoms with Crippen LogP contribution in [0.1, 0.15) is 0 Å². The SMILES string of the molecule is OC(CNCC(F)(F)F)COc1ccc(Cl)cc1Cl. The van der Waals surface area contributed by atoms with Crippen LogP contribution in [0.4, 0.5) is 13.2 Å². The van der Waals surface area contributed by atoms with Crippen molar-refractivity contribution in [3.63, 3.8) is 0 Å². The van der Waals surface area contributed by atoms with Gasteiger partial charge in [-0.3, -0.25) is 0 Å². The van der Waals surface area contributed by atoms with Crippen LogP contribution < -0.4 is 10.1 Å². The van der Waals surface area contributed by atoms with Crippen LogP contribution in [0.2, 0.25) is 10.0 Å². The number of hydrogen-bond donors (Lipinski definition) is 2. The van der Waals surface area contributed by atoms with Gasteiger partial charge in [0, 0.05) is 11.6 Å². The van der Waals surface area contributed by atoms with Gasteiger partial charge >= 0.3 is 6.18 Å². The number of halogens is 5. The first kappa shape index (κ1) is 16.4.